The molecule has 0 unspecified atom stereocenters. The van der Waals surface area contributed by atoms with Crippen molar-refractivity contribution in [3.63, 3.8) is 0 Å². The molecule has 4 heteroatoms. The second-order valence-electron chi connectivity index (χ2n) is 6.16. The SMILES string of the molecule is CCCNc1nc(C(C)C)nc(NCC2CCC2)c1C. The molecule has 2 rings (SSSR count). The molecular weight excluding hydrogens is 248 g/mol. The maximum atomic E-state index is 4.71. The molecule has 0 amide bonds. The van der Waals surface area contributed by atoms with Gasteiger partial charge in [0.2, 0.25) is 0 Å². The normalized spacial score (nSPS) is 15.2. The van der Waals surface area contributed by atoms with E-state index in [9.17, 15) is 0 Å². The molecule has 0 spiro atoms. The van der Waals surface area contributed by atoms with Crippen molar-refractivity contribution in [1.82, 2.24) is 9.97 Å². The minimum Gasteiger partial charge on any atom is -0.370 e. The van der Waals surface area contributed by atoms with E-state index in [4.69, 9.17) is 4.98 Å². The van der Waals surface area contributed by atoms with Gasteiger partial charge in [0.15, 0.2) is 0 Å². The number of hydrogen-bond acceptors (Lipinski definition) is 4. The van der Waals surface area contributed by atoms with E-state index in [1.807, 2.05) is 0 Å². The van der Waals surface area contributed by atoms with Gasteiger partial charge in [-0.2, -0.15) is 0 Å². The highest BCUT2D eigenvalue weighted by atomic mass is 15.1. The Kier molecular flexibility index (Phi) is 5.21. The summed E-state index contributed by atoms with van der Waals surface area (Å²) < 4.78 is 0. The summed E-state index contributed by atoms with van der Waals surface area (Å²) in [6, 6.07) is 0. The minimum absolute atomic E-state index is 0.349. The predicted octanol–water partition coefficient (Wildman–Crippen LogP) is 3.94. The van der Waals surface area contributed by atoms with Crippen LogP contribution >= 0.6 is 0 Å². The highest BCUT2D eigenvalue weighted by molar-refractivity contribution is 5.57. The van der Waals surface area contributed by atoms with E-state index >= 15 is 0 Å². The highest BCUT2D eigenvalue weighted by Crippen LogP contribution is 2.28. The van der Waals surface area contributed by atoms with Crippen LogP contribution in [0.3, 0.4) is 0 Å². The van der Waals surface area contributed by atoms with Crippen molar-refractivity contribution in [3.8, 4) is 0 Å². The third kappa shape index (κ3) is 3.62. The molecule has 0 atom stereocenters. The molecule has 1 fully saturated rings. The molecule has 1 aromatic rings. The zero-order chi connectivity index (χ0) is 14.5. The van der Waals surface area contributed by atoms with Crippen LogP contribution < -0.4 is 10.6 Å². The fourth-order valence-corrected chi connectivity index (χ4v) is 2.32. The largest absolute Gasteiger partial charge is 0.370 e. The predicted molar refractivity (Wildman–Crippen MR) is 85.5 cm³/mol. The van der Waals surface area contributed by atoms with Crippen LogP contribution in [0.25, 0.3) is 0 Å². The van der Waals surface area contributed by atoms with Gasteiger partial charge < -0.3 is 10.6 Å². The Morgan fingerprint density at radius 1 is 1.15 bits per heavy atom. The lowest BCUT2D eigenvalue weighted by molar-refractivity contribution is 0.333. The molecular formula is C16H28N4. The van der Waals surface area contributed by atoms with Gasteiger partial charge in [0.05, 0.1) is 0 Å². The van der Waals surface area contributed by atoms with Crippen LogP contribution in [0.4, 0.5) is 11.6 Å². The molecule has 1 aliphatic rings. The first-order valence-electron chi connectivity index (χ1n) is 7.98. The van der Waals surface area contributed by atoms with Gasteiger partial charge in [0, 0.05) is 24.6 Å². The van der Waals surface area contributed by atoms with Crippen molar-refractivity contribution in [2.75, 3.05) is 23.7 Å². The summed E-state index contributed by atoms with van der Waals surface area (Å²) in [5.41, 5.74) is 1.14. The number of anilines is 2. The van der Waals surface area contributed by atoms with Gasteiger partial charge in [0.1, 0.15) is 17.5 Å². The number of rotatable bonds is 7. The molecule has 112 valence electrons. The first kappa shape index (κ1) is 15.1. The van der Waals surface area contributed by atoms with E-state index in [1.54, 1.807) is 0 Å². The fraction of sp³-hybridized carbons (Fsp3) is 0.750. The molecule has 2 N–H and O–H groups in total. The van der Waals surface area contributed by atoms with Crippen molar-refractivity contribution in [3.05, 3.63) is 11.4 Å². The number of nitrogens with zero attached hydrogens (tertiary/aromatic N) is 2. The second kappa shape index (κ2) is 6.91. The topological polar surface area (TPSA) is 49.8 Å². The summed E-state index contributed by atoms with van der Waals surface area (Å²) in [6.45, 7) is 10.6. The zero-order valence-electron chi connectivity index (χ0n) is 13.3. The first-order valence-corrected chi connectivity index (χ1v) is 7.98. The van der Waals surface area contributed by atoms with E-state index in [-0.39, 0.29) is 0 Å². The molecule has 0 radical (unpaired) electrons. The third-order valence-corrected chi connectivity index (χ3v) is 4.00. The lowest BCUT2D eigenvalue weighted by Crippen LogP contribution is -2.22. The van der Waals surface area contributed by atoms with Crippen LogP contribution in [-0.4, -0.2) is 23.1 Å². The van der Waals surface area contributed by atoms with Gasteiger partial charge in [-0.25, -0.2) is 9.97 Å². The Bertz CT molecular complexity index is 438. The van der Waals surface area contributed by atoms with Crippen LogP contribution in [0.15, 0.2) is 0 Å². The van der Waals surface area contributed by atoms with E-state index in [2.05, 4.69) is 43.3 Å². The molecule has 1 heterocycles. The van der Waals surface area contributed by atoms with Crippen LogP contribution in [0, 0.1) is 12.8 Å². The molecule has 0 aromatic carbocycles. The Morgan fingerprint density at radius 2 is 1.80 bits per heavy atom. The van der Waals surface area contributed by atoms with Crippen molar-refractivity contribution >= 4 is 11.6 Å². The average Bonchev–Trinajstić information content (AvgIpc) is 2.37. The highest BCUT2D eigenvalue weighted by Gasteiger charge is 2.18. The van der Waals surface area contributed by atoms with Crippen LogP contribution in [0.5, 0.6) is 0 Å². The van der Waals surface area contributed by atoms with Gasteiger partial charge in [-0.3, -0.25) is 0 Å². The molecule has 4 nitrogen and oxygen atoms in total. The summed E-state index contributed by atoms with van der Waals surface area (Å²) in [5.74, 6) is 4.10. The van der Waals surface area contributed by atoms with Crippen molar-refractivity contribution in [2.24, 2.45) is 5.92 Å². The number of hydrogen-bond donors (Lipinski definition) is 2. The van der Waals surface area contributed by atoms with Gasteiger partial charge in [-0.1, -0.05) is 27.2 Å². The summed E-state index contributed by atoms with van der Waals surface area (Å²) in [4.78, 5) is 9.38. The lowest BCUT2D eigenvalue weighted by atomic mass is 9.85. The summed E-state index contributed by atoms with van der Waals surface area (Å²) in [6.07, 6.45) is 5.20. The summed E-state index contributed by atoms with van der Waals surface area (Å²) in [7, 11) is 0. The van der Waals surface area contributed by atoms with E-state index in [0.717, 1.165) is 48.5 Å². The number of nitrogens with one attached hydrogen (secondary N) is 2. The molecule has 1 aliphatic carbocycles. The fourth-order valence-electron chi connectivity index (χ4n) is 2.32. The molecule has 0 aliphatic heterocycles. The second-order valence-corrected chi connectivity index (χ2v) is 6.16. The molecule has 0 bridgehead atoms. The Labute approximate surface area is 122 Å². The maximum absolute atomic E-state index is 4.71. The Hall–Kier alpha value is -1.32. The summed E-state index contributed by atoms with van der Waals surface area (Å²) >= 11 is 0. The average molecular weight is 276 g/mol. The first-order chi connectivity index (χ1) is 9.61. The summed E-state index contributed by atoms with van der Waals surface area (Å²) in [5, 5.41) is 6.96. The van der Waals surface area contributed by atoms with E-state index in [0.29, 0.717) is 5.92 Å². The smallest absolute Gasteiger partial charge is 0.135 e. The van der Waals surface area contributed by atoms with Crippen molar-refractivity contribution in [2.45, 2.75) is 59.3 Å². The van der Waals surface area contributed by atoms with Gasteiger partial charge in [-0.15, -0.1) is 0 Å². The molecule has 0 saturated heterocycles. The van der Waals surface area contributed by atoms with E-state index < -0.39 is 0 Å². The Morgan fingerprint density at radius 3 is 2.30 bits per heavy atom. The quantitative estimate of drug-likeness (QED) is 0.792. The van der Waals surface area contributed by atoms with Gasteiger partial charge in [-0.05, 0) is 32.1 Å². The van der Waals surface area contributed by atoms with Crippen LogP contribution in [0.2, 0.25) is 0 Å². The molecule has 1 saturated carbocycles. The van der Waals surface area contributed by atoms with Crippen LogP contribution in [0.1, 0.15) is 63.8 Å². The van der Waals surface area contributed by atoms with Crippen LogP contribution in [-0.2, 0) is 0 Å². The monoisotopic (exact) mass is 276 g/mol. The van der Waals surface area contributed by atoms with Crippen molar-refractivity contribution < 1.29 is 0 Å². The number of aromatic nitrogens is 2. The van der Waals surface area contributed by atoms with E-state index in [1.165, 1.54) is 19.3 Å². The van der Waals surface area contributed by atoms with Gasteiger partial charge >= 0.3 is 0 Å². The van der Waals surface area contributed by atoms with Gasteiger partial charge in [0.25, 0.3) is 0 Å². The zero-order valence-corrected chi connectivity index (χ0v) is 13.3. The maximum Gasteiger partial charge on any atom is 0.135 e. The third-order valence-electron chi connectivity index (χ3n) is 4.00. The molecule has 1 aromatic heterocycles. The molecule has 20 heavy (non-hydrogen) atoms. The minimum atomic E-state index is 0.349. The van der Waals surface area contributed by atoms with Crippen molar-refractivity contribution in [1.29, 1.82) is 0 Å². The standard InChI is InChI=1S/C16H28N4/c1-5-9-17-15-12(4)16(18-10-13-7-6-8-13)20-14(19-15)11(2)3/h11,13H,5-10H2,1-4H3,(H2,17,18,19,20). The Balaban J connectivity index is 2.15. The lowest BCUT2D eigenvalue weighted by Gasteiger charge is -2.26.